The van der Waals surface area contributed by atoms with Crippen molar-refractivity contribution in [2.45, 2.75) is 57.4 Å². The normalized spacial score (nSPS) is 25.3. The lowest BCUT2D eigenvalue weighted by molar-refractivity contribution is -0.126. The van der Waals surface area contributed by atoms with Gasteiger partial charge in [0.2, 0.25) is 5.91 Å². The fraction of sp³-hybridized carbons (Fsp3) is 0.733. The molecule has 1 N–H and O–H groups in total. The van der Waals surface area contributed by atoms with E-state index in [9.17, 15) is 4.79 Å². The Morgan fingerprint density at radius 2 is 2.05 bits per heavy atom. The summed E-state index contributed by atoms with van der Waals surface area (Å²) in [4.78, 5) is 11.8. The summed E-state index contributed by atoms with van der Waals surface area (Å²) in [6.45, 7) is 0.839. The fourth-order valence-corrected chi connectivity index (χ4v) is 3.32. The lowest BCUT2D eigenvalue weighted by Crippen LogP contribution is -2.37. The van der Waals surface area contributed by atoms with Gasteiger partial charge in [-0.1, -0.05) is 19.3 Å². The SMILES string of the molecule is O=C1NCCCC1Cc1ccn(C2CCCCC2)n1. The van der Waals surface area contributed by atoms with Gasteiger partial charge in [0, 0.05) is 25.1 Å². The molecule has 2 fully saturated rings. The van der Waals surface area contributed by atoms with E-state index in [1.165, 1.54) is 32.1 Å². The molecule has 1 aliphatic heterocycles. The molecule has 1 atom stereocenters. The number of rotatable bonds is 3. The van der Waals surface area contributed by atoms with E-state index in [0.717, 1.165) is 31.5 Å². The van der Waals surface area contributed by atoms with Gasteiger partial charge in [-0.3, -0.25) is 9.48 Å². The quantitative estimate of drug-likeness (QED) is 0.908. The van der Waals surface area contributed by atoms with Crippen molar-refractivity contribution in [2.75, 3.05) is 6.54 Å². The number of carbonyl (C=O) groups is 1. The van der Waals surface area contributed by atoms with Crippen LogP contribution in [0.4, 0.5) is 0 Å². The Balaban J connectivity index is 1.62. The van der Waals surface area contributed by atoms with E-state index >= 15 is 0 Å². The minimum Gasteiger partial charge on any atom is -0.356 e. The smallest absolute Gasteiger partial charge is 0.223 e. The number of carbonyl (C=O) groups excluding carboxylic acids is 1. The third kappa shape index (κ3) is 2.99. The minimum absolute atomic E-state index is 0.128. The van der Waals surface area contributed by atoms with Gasteiger partial charge in [0.1, 0.15) is 0 Å². The first-order valence-electron chi connectivity index (χ1n) is 7.64. The van der Waals surface area contributed by atoms with Crippen LogP contribution in [0.2, 0.25) is 0 Å². The van der Waals surface area contributed by atoms with E-state index in [0.29, 0.717) is 6.04 Å². The van der Waals surface area contributed by atoms with Crippen molar-refractivity contribution in [3.63, 3.8) is 0 Å². The summed E-state index contributed by atoms with van der Waals surface area (Å²) in [6, 6.07) is 2.68. The van der Waals surface area contributed by atoms with Crippen LogP contribution in [0.1, 0.15) is 56.7 Å². The van der Waals surface area contributed by atoms with E-state index in [4.69, 9.17) is 5.10 Å². The van der Waals surface area contributed by atoms with Crippen LogP contribution in [0.5, 0.6) is 0 Å². The van der Waals surface area contributed by atoms with Crippen molar-refractivity contribution in [3.8, 4) is 0 Å². The molecule has 19 heavy (non-hydrogen) atoms. The predicted octanol–water partition coefficient (Wildman–Crippen LogP) is 2.46. The second-order valence-corrected chi connectivity index (χ2v) is 5.91. The Bertz CT molecular complexity index is 434. The summed E-state index contributed by atoms with van der Waals surface area (Å²) >= 11 is 0. The first-order valence-corrected chi connectivity index (χ1v) is 7.64. The van der Waals surface area contributed by atoms with E-state index in [2.05, 4.69) is 22.3 Å². The van der Waals surface area contributed by atoms with Gasteiger partial charge in [-0.25, -0.2) is 0 Å². The number of hydrogen-bond donors (Lipinski definition) is 1. The van der Waals surface area contributed by atoms with Gasteiger partial charge in [0.05, 0.1) is 11.7 Å². The lowest BCUT2D eigenvalue weighted by Gasteiger charge is -2.22. The lowest BCUT2D eigenvalue weighted by atomic mass is 9.94. The zero-order chi connectivity index (χ0) is 13.1. The molecular formula is C15H23N3O. The summed E-state index contributed by atoms with van der Waals surface area (Å²) < 4.78 is 2.13. The highest BCUT2D eigenvalue weighted by atomic mass is 16.1. The van der Waals surface area contributed by atoms with E-state index in [-0.39, 0.29) is 11.8 Å². The average molecular weight is 261 g/mol. The standard InChI is InChI=1S/C15H23N3O/c19-15-12(5-4-9-16-15)11-13-8-10-18(17-13)14-6-2-1-3-7-14/h8,10,12,14H,1-7,9,11H2,(H,16,19). The van der Waals surface area contributed by atoms with Crippen LogP contribution in [0.25, 0.3) is 0 Å². The molecule has 0 aromatic carbocycles. The number of aromatic nitrogens is 2. The Morgan fingerprint density at radius 3 is 2.84 bits per heavy atom. The molecule has 3 rings (SSSR count). The number of nitrogens with one attached hydrogen (secondary N) is 1. The topological polar surface area (TPSA) is 46.9 Å². The maximum Gasteiger partial charge on any atom is 0.223 e. The molecule has 4 heteroatoms. The van der Waals surface area contributed by atoms with Crippen LogP contribution in [0.3, 0.4) is 0 Å². The molecule has 1 saturated heterocycles. The van der Waals surface area contributed by atoms with Crippen molar-refractivity contribution < 1.29 is 4.79 Å². The minimum atomic E-state index is 0.128. The first kappa shape index (κ1) is 12.7. The van der Waals surface area contributed by atoms with Gasteiger partial charge in [-0.05, 0) is 31.7 Å². The molecule has 1 unspecified atom stereocenters. The van der Waals surface area contributed by atoms with Gasteiger partial charge in [0.25, 0.3) is 0 Å². The zero-order valence-electron chi connectivity index (χ0n) is 11.5. The molecule has 104 valence electrons. The molecule has 1 aromatic heterocycles. The van der Waals surface area contributed by atoms with E-state index < -0.39 is 0 Å². The van der Waals surface area contributed by atoms with E-state index in [1.54, 1.807) is 0 Å². The highest BCUT2D eigenvalue weighted by Gasteiger charge is 2.23. The van der Waals surface area contributed by atoms with Crippen molar-refractivity contribution in [2.24, 2.45) is 5.92 Å². The van der Waals surface area contributed by atoms with Gasteiger partial charge in [-0.2, -0.15) is 5.10 Å². The number of piperidine rings is 1. The van der Waals surface area contributed by atoms with Crippen LogP contribution in [-0.2, 0) is 11.2 Å². The Labute approximate surface area is 114 Å². The van der Waals surface area contributed by atoms with Crippen LogP contribution >= 0.6 is 0 Å². The molecule has 1 aliphatic carbocycles. The molecular weight excluding hydrogens is 238 g/mol. The Morgan fingerprint density at radius 1 is 1.21 bits per heavy atom. The van der Waals surface area contributed by atoms with Crippen molar-refractivity contribution in [1.82, 2.24) is 15.1 Å². The Hall–Kier alpha value is -1.32. The Kier molecular flexibility index (Phi) is 3.85. The van der Waals surface area contributed by atoms with Crippen molar-refractivity contribution in [3.05, 3.63) is 18.0 Å². The van der Waals surface area contributed by atoms with E-state index in [1.807, 2.05) is 0 Å². The molecule has 0 radical (unpaired) electrons. The van der Waals surface area contributed by atoms with Gasteiger partial charge in [0.15, 0.2) is 0 Å². The molecule has 0 spiro atoms. The van der Waals surface area contributed by atoms with Crippen LogP contribution in [-0.4, -0.2) is 22.2 Å². The second kappa shape index (κ2) is 5.76. The monoisotopic (exact) mass is 261 g/mol. The maximum absolute atomic E-state index is 11.8. The highest BCUT2D eigenvalue weighted by molar-refractivity contribution is 5.79. The van der Waals surface area contributed by atoms with Crippen molar-refractivity contribution >= 4 is 5.91 Å². The van der Waals surface area contributed by atoms with Gasteiger partial charge >= 0.3 is 0 Å². The summed E-state index contributed by atoms with van der Waals surface area (Å²) in [5.41, 5.74) is 1.08. The molecule has 2 aliphatic rings. The third-order valence-electron chi connectivity index (χ3n) is 4.47. The molecule has 2 heterocycles. The van der Waals surface area contributed by atoms with Crippen LogP contribution in [0.15, 0.2) is 12.3 Å². The molecule has 1 aromatic rings. The average Bonchev–Trinajstić information content (AvgIpc) is 2.91. The summed E-state index contributed by atoms with van der Waals surface area (Å²) in [6.07, 6.45) is 11.5. The fourth-order valence-electron chi connectivity index (χ4n) is 3.32. The first-order chi connectivity index (χ1) is 9.33. The number of amides is 1. The number of hydrogen-bond acceptors (Lipinski definition) is 2. The molecule has 1 saturated carbocycles. The van der Waals surface area contributed by atoms with Crippen molar-refractivity contribution in [1.29, 1.82) is 0 Å². The molecule has 4 nitrogen and oxygen atoms in total. The van der Waals surface area contributed by atoms with Gasteiger partial charge in [-0.15, -0.1) is 0 Å². The van der Waals surface area contributed by atoms with Crippen LogP contribution in [0, 0.1) is 5.92 Å². The van der Waals surface area contributed by atoms with Crippen LogP contribution < -0.4 is 5.32 Å². The largest absolute Gasteiger partial charge is 0.356 e. The van der Waals surface area contributed by atoms with Gasteiger partial charge < -0.3 is 5.32 Å². The summed E-state index contributed by atoms with van der Waals surface area (Å²) in [7, 11) is 0. The highest BCUT2D eigenvalue weighted by Crippen LogP contribution is 2.27. The summed E-state index contributed by atoms with van der Waals surface area (Å²) in [5, 5.41) is 7.65. The maximum atomic E-state index is 11.8. The summed E-state index contributed by atoms with van der Waals surface area (Å²) in [5.74, 6) is 0.335. The molecule has 1 amide bonds. The zero-order valence-corrected chi connectivity index (χ0v) is 11.5. The third-order valence-corrected chi connectivity index (χ3v) is 4.47. The number of nitrogens with zero attached hydrogens (tertiary/aromatic N) is 2. The predicted molar refractivity (Wildman–Crippen MR) is 73.8 cm³/mol. The second-order valence-electron chi connectivity index (χ2n) is 5.91. The molecule has 0 bridgehead atoms.